The monoisotopic (exact) mass is 260 g/mol. The fourth-order valence-electron chi connectivity index (χ4n) is 2.42. The van der Waals surface area contributed by atoms with E-state index in [2.05, 4.69) is 5.32 Å². The summed E-state index contributed by atoms with van der Waals surface area (Å²) in [6.07, 6.45) is 1.07. The summed E-state index contributed by atoms with van der Waals surface area (Å²) in [4.78, 5) is 25.6. The first kappa shape index (κ1) is 13.7. The Bertz CT molecular complexity index is 456. The molecule has 0 bridgehead atoms. The second-order valence-corrected chi connectivity index (χ2v) is 5.25. The first-order valence-electron chi connectivity index (χ1n) is 6.59. The zero-order chi connectivity index (χ0) is 13.8. The number of hydrogen-bond donors (Lipinski definition) is 1. The minimum absolute atomic E-state index is 0.0471. The standard InChI is InChI=1S/C15H20N2O2/c1-17(2)15(19)13-9-12(10-16-13)14(18)8-11-6-4-3-5-7-11/h3-7,12-13,16H,8-10H2,1-2H3. The van der Waals surface area contributed by atoms with Gasteiger partial charge in [-0.3, -0.25) is 9.59 Å². The number of Topliss-reactive ketones (excluding diaryl/α,β-unsaturated/α-hetero) is 1. The number of amides is 1. The first-order valence-corrected chi connectivity index (χ1v) is 6.59. The van der Waals surface area contributed by atoms with Gasteiger partial charge in [-0.15, -0.1) is 0 Å². The van der Waals surface area contributed by atoms with Crippen LogP contribution in [0, 0.1) is 5.92 Å². The smallest absolute Gasteiger partial charge is 0.239 e. The molecular formula is C15H20N2O2. The molecule has 0 radical (unpaired) electrons. The maximum absolute atomic E-state index is 12.2. The number of rotatable bonds is 4. The molecule has 1 N–H and O–H groups in total. The number of benzene rings is 1. The maximum Gasteiger partial charge on any atom is 0.239 e. The molecule has 2 rings (SSSR count). The fraction of sp³-hybridized carbons (Fsp3) is 0.467. The van der Waals surface area contributed by atoms with Crippen LogP contribution in [0.3, 0.4) is 0 Å². The summed E-state index contributed by atoms with van der Waals surface area (Å²) >= 11 is 0. The highest BCUT2D eigenvalue weighted by Crippen LogP contribution is 2.18. The van der Waals surface area contributed by atoms with Gasteiger partial charge in [-0.05, 0) is 12.0 Å². The molecule has 1 amide bonds. The zero-order valence-corrected chi connectivity index (χ0v) is 11.4. The molecule has 4 heteroatoms. The molecular weight excluding hydrogens is 240 g/mol. The summed E-state index contributed by atoms with van der Waals surface area (Å²) in [6, 6.07) is 9.53. The second-order valence-electron chi connectivity index (χ2n) is 5.25. The average molecular weight is 260 g/mol. The third kappa shape index (κ3) is 3.41. The molecule has 2 atom stereocenters. The van der Waals surface area contributed by atoms with E-state index in [1.807, 2.05) is 30.3 Å². The van der Waals surface area contributed by atoms with Gasteiger partial charge in [0.15, 0.2) is 0 Å². The van der Waals surface area contributed by atoms with Gasteiger partial charge in [0.05, 0.1) is 6.04 Å². The molecule has 0 saturated carbocycles. The van der Waals surface area contributed by atoms with Crippen LogP contribution in [-0.2, 0) is 16.0 Å². The summed E-state index contributed by atoms with van der Waals surface area (Å²) in [5, 5.41) is 3.14. The van der Waals surface area contributed by atoms with E-state index in [-0.39, 0.29) is 23.7 Å². The average Bonchev–Trinajstić information content (AvgIpc) is 2.88. The van der Waals surface area contributed by atoms with Crippen LogP contribution in [0.5, 0.6) is 0 Å². The largest absolute Gasteiger partial charge is 0.347 e. The summed E-state index contributed by atoms with van der Waals surface area (Å²) in [5.41, 5.74) is 1.04. The molecule has 1 aliphatic rings. The van der Waals surface area contributed by atoms with E-state index in [9.17, 15) is 9.59 Å². The Labute approximate surface area is 113 Å². The van der Waals surface area contributed by atoms with Crippen LogP contribution >= 0.6 is 0 Å². The van der Waals surface area contributed by atoms with E-state index in [1.54, 1.807) is 19.0 Å². The molecule has 0 spiro atoms. The molecule has 1 aromatic rings. The van der Waals surface area contributed by atoms with Gasteiger partial charge in [-0.2, -0.15) is 0 Å². The van der Waals surface area contributed by atoms with Crippen molar-refractivity contribution >= 4 is 11.7 Å². The Morgan fingerprint density at radius 1 is 1.26 bits per heavy atom. The molecule has 1 aliphatic heterocycles. The van der Waals surface area contributed by atoms with Gasteiger partial charge in [0, 0.05) is 33.0 Å². The highest BCUT2D eigenvalue weighted by Gasteiger charge is 2.33. The lowest BCUT2D eigenvalue weighted by Gasteiger charge is -2.15. The Balaban J connectivity index is 1.90. The molecule has 1 aromatic carbocycles. The molecule has 2 unspecified atom stereocenters. The lowest BCUT2D eigenvalue weighted by Crippen LogP contribution is -2.39. The molecule has 102 valence electrons. The number of likely N-dealkylation sites (N-methyl/N-ethyl adjacent to an activating group) is 1. The van der Waals surface area contributed by atoms with Crippen molar-refractivity contribution in [3.05, 3.63) is 35.9 Å². The molecule has 1 fully saturated rings. The number of carbonyl (C=O) groups is 2. The van der Waals surface area contributed by atoms with Crippen molar-refractivity contribution < 1.29 is 9.59 Å². The molecule has 19 heavy (non-hydrogen) atoms. The van der Waals surface area contributed by atoms with Gasteiger partial charge in [0.1, 0.15) is 5.78 Å². The lowest BCUT2D eigenvalue weighted by atomic mass is 9.95. The van der Waals surface area contributed by atoms with Crippen molar-refractivity contribution in [1.82, 2.24) is 10.2 Å². The van der Waals surface area contributed by atoms with Crippen molar-refractivity contribution in [2.24, 2.45) is 5.92 Å². The number of hydrogen-bond acceptors (Lipinski definition) is 3. The molecule has 1 saturated heterocycles. The van der Waals surface area contributed by atoms with Gasteiger partial charge in [-0.25, -0.2) is 0 Å². The number of nitrogens with one attached hydrogen (secondary N) is 1. The van der Waals surface area contributed by atoms with Crippen LogP contribution in [0.1, 0.15) is 12.0 Å². The predicted molar refractivity (Wildman–Crippen MR) is 73.7 cm³/mol. The number of ketones is 1. The molecule has 4 nitrogen and oxygen atoms in total. The van der Waals surface area contributed by atoms with E-state index >= 15 is 0 Å². The highest BCUT2D eigenvalue weighted by atomic mass is 16.2. The van der Waals surface area contributed by atoms with Gasteiger partial charge >= 0.3 is 0 Å². The second kappa shape index (κ2) is 5.97. The van der Waals surface area contributed by atoms with Crippen LogP contribution in [-0.4, -0.2) is 43.3 Å². The minimum atomic E-state index is -0.209. The minimum Gasteiger partial charge on any atom is -0.347 e. The summed E-state index contributed by atoms with van der Waals surface area (Å²) < 4.78 is 0. The van der Waals surface area contributed by atoms with E-state index < -0.39 is 0 Å². The molecule has 0 aliphatic carbocycles. The third-order valence-corrected chi connectivity index (χ3v) is 3.55. The lowest BCUT2D eigenvalue weighted by molar-refractivity contribution is -0.130. The topological polar surface area (TPSA) is 49.4 Å². The number of nitrogens with zero attached hydrogens (tertiary/aromatic N) is 1. The predicted octanol–water partition coefficient (Wildman–Crippen LogP) is 0.864. The Morgan fingerprint density at radius 2 is 1.95 bits per heavy atom. The van der Waals surface area contributed by atoms with E-state index in [4.69, 9.17) is 0 Å². The molecule has 0 aromatic heterocycles. The van der Waals surface area contributed by atoms with Gasteiger partial charge < -0.3 is 10.2 Å². The SMILES string of the molecule is CN(C)C(=O)C1CC(C(=O)Cc2ccccc2)CN1. The highest BCUT2D eigenvalue weighted by molar-refractivity contribution is 5.87. The summed E-state index contributed by atoms with van der Waals surface area (Å²) in [5.74, 6) is 0.219. The maximum atomic E-state index is 12.2. The van der Waals surface area contributed by atoms with Gasteiger partial charge in [-0.1, -0.05) is 30.3 Å². The molecule has 1 heterocycles. The van der Waals surface area contributed by atoms with Crippen LogP contribution in [0.15, 0.2) is 30.3 Å². The van der Waals surface area contributed by atoms with Gasteiger partial charge in [0.2, 0.25) is 5.91 Å². The Hall–Kier alpha value is -1.68. The van der Waals surface area contributed by atoms with Crippen LogP contribution in [0.25, 0.3) is 0 Å². The van der Waals surface area contributed by atoms with Crippen molar-refractivity contribution in [2.45, 2.75) is 18.9 Å². The van der Waals surface area contributed by atoms with E-state index in [1.165, 1.54) is 0 Å². The zero-order valence-electron chi connectivity index (χ0n) is 11.4. The van der Waals surface area contributed by atoms with Crippen molar-refractivity contribution in [2.75, 3.05) is 20.6 Å². The van der Waals surface area contributed by atoms with Crippen molar-refractivity contribution in [1.29, 1.82) is 0 Å². The van der Waals surface area contributed by atoms with E-state index in [0.29, 0.717) is 19.4 Å². The Kier molecular flexibility index (Phi) is 4.32. The normalized spacial score (nSPS) is 22.2. The third-order valence-electron chi connectivity index (χ3n) is 3.55. The van der Waals surface area contributed by atoms with Crippen molar-refractivity contribution in [3.63, 3.8) is 0 Å². The fourth-order valence-corrected chi connectivity index (χ4v) is 2.42. The Morgan fingerprint density at radius 3 is 2.58 bits per heavy atom. The summed E-state index contributed by atoms with van der Waals surface area (Å²) in [6.45, 7) is 0.607. The summed E-state index contributed by atoms with van der Waals surface area (Å²) in [7, 11) is 3.48. The van der Waals surface area contributed by atoms with Crippen LogP contribution in [0.2, 0.25) is 0 Å². The quantitative estimate of drug-likeness (QED) is 0.873. The van der Waals surface area contributed by atoms with Crippen molar-refractivity contribution in [3.8, 4) is 0 Å². The van der Waals surface area contributed by atoms with E-state index in [0.717, 1.165) is 5.56 Å². The number of carbonyl (C=O) groups excluding carboxylic acids is 2. The van der Waals surface area contributed by atoms with Gasteiger partial charge in [0.25, 0.3) is 0 Å². The first-order chi connectivity index (χ1) is 9.08. The van der Waals surface area contributed by atoms with Crippen LogP contribution < -0.4 is 5.32 Å². The van der Waals surface area contributed by atoms with Crippen LogP contribution in [0.4, 0.5) is 0 Å².